The fourth-order valence-corrected chi connectivity index (χ4v) is 5.45. The first-order valence-electron chi connectivity index (χ1n) is 9.02. The Morgan fingerprint density at radius 1 is 1.15 bits per heavy atom. The zero-order valence-electron chi connectivity index (χ0n) is 15.0. The van der Waals surface area contributed by atoms with Crippen LogP contribution in [0.5, 0.6) is 0 Å². The summed E-state index contributed by atoms with van der Waals surface area (Å²) in [5.74, 6) is -0.487. The molecule has 2 heterocycles. The largest absolute Gasteiger partial charge is 0.465 e. The lowest BCUT2D eigenvalue weighted by molar-refractivity contribution is 0.0600. The van der Waals surface area contributed by atoms with Crippen LogP contribution in [0.25, 0.3) is 0 Å². The van der Waals surface area contributed by atoms with Gasteiger partial charge < -0.3 is 9.84 Å². The highest BCUT2D eigenvalue weighted by molar-refractivity contribution is 7.89. The first kappa shape index (κ1) is 19.3. The average molecular weight is 382 g/mol. The summed E-state index contributed by atoms with van der Waals surface area (Å²) in [6, 6.07) is 6.41. The average Bonchev–Trinajstić information content (AvgIpc) is 3.16. The molecule has 2 saturated heterocycles. The Balaban J connectivity index is 1.65. The maximum absolute atomic E-state index is 12.8. The summed E-state index contributed by atoms with van der Waals surface area (Å²) >= 11 is 0. The number of nitrogens with zero attached hydrogens (tertiary/aromatic N) is 2. The van der Waals surface area contributed by atoms with Gasteiger partial charge in [0.25, 0.3) is 0 Å². The summed E-state index contributed by atoms with van der Waals surface area (Å²) in [6.45, 7) is 2.10. The number of hydrogen-bond donors (Lipinski definition) is 1. The predicted molar refractivity (Wildman–Crippen MR) is 96.4 cm³/mol. The number of ether oxygens (including phenoxy) is 1. The standard InChI is InChI=1S/C18H26N2O5S/c1-25-18(22)14-4-6-17(7-5-14)26(23,24)19-11-8-15(9-12-19)20-10-2-3-16(20)13-21/h4-7,15-16,21H,2-3,8-13H2,1H3. The molecule has 3 rings (SSSR count). The number of aliphatic hydroxyl groups excluding tert-OH is 1. The van der Waals surface area contributed by atoms with Crippen LogP contribution in [0.1, 0.15) is 36.0 Å². The van der Waals surface area contributed by atoms with Gasteiger partial charge in [-0.05, 0) is 56.5 Å². The van der Waals surface area contributed by atoms with Crippen molar-refractivity contribution in [3.63, 3.8) is 0 Å². The van der Waals surface area contributed by atoms with Crippen molar-refractivity contribution in [1.82, 2.24) is 9.21 Å². The van der Waals surface area contributed by atoms with Gasteiger partial charge in [-0.3, -0.25) is 4.90 Å². The van der Waals surface area contributed by atoms with Crippen molar-refractivity contribution in [2.24, 2.45) is 0 Å². The quantitative estimate of drug-likeness (QED) is 0.767. The van der Waals surface area contributed by atoms with Crippen LogP contribution >= 0.6 is 0 Å². The molecule has 0 saturated carbocycles. The smallest absolute Gasteiger partial charge is 0.337 e. The second-order valence-electron chi connectivity index (χ2n) is 6.87. The SMILES string of the molecule is COC(=O)c1ccc(S(=O)(=O)N2CCC(N3CCCC3CO)CC2)cc1. The number of rotatable bonds is 5. The molecule has 2 aliphatic heterocycles. The molecule has 2 aliphatic rings. The van der Waals surface area contributed by atoms with Gasteiger partial charge in [0.2, 0.25) is 10.0 Å². The van der Waals surface area contributed by atoms with Gasteiger partial charge in [-0.15, -0.1) is 0 Å². The Labute approximate surface area is 154 Å². The van der Waals surface area contributed by atoms with E-state index in [1.807, 2.05) is 0 Å². The first-order chi connectivity index (χ1) is 12.5. The van der Waals surface area contributed by atoms with Crippen LogP contribution in [0, 0.1) is 0 Å². The summed E-state index contributed by atoms with van der Waals surface area (Å²) in [5, 5.41) is 9.50. The number of aliphatic hydroxyl groups is 1. The van der Waals surface area contributed by atoms with Crippen LogP contribution in [-0.4, -0.2) is 74.1 Å². The fourth-order valence-electron chi connectivity index (χ4n) is 3.98. The molecule has 2 fully saturated rings. The Kier molecular flexibility index (Phi) is 5.96. The molecule has 1 aromatic carbocycles. The molecule has 1 atom stereocenters. The van der Waals surface area contributed by atoms with Gasteiger partial charge in [0.05, 0.1) is 24.2 Å². The zero-order valence-corrected chi connectivity index (χ0v) is 15.8. The Morgan fingerprint density at radius 3 is 2.38 bits per heavy atom. The molecule has 7 nitrogen and oxygen atoms in total. The Morgan fingerprint density at radius 2 is 1.81 bits per heavy atom. The number of methoxy groups -OCH3 is 1. The van der Waals surface area contributed by atoms with Gasteiger partial charge in [-0.1, -0.05) is 0 Å². The van der Waals surface area contributed by atoms with E-state index in [2.05, 4.69) is 9.64 Å². The summed E-state index contributed by atoms with van der Waals surface area (Å²) < 4.78 is 31.8. The Hall–Kier alpha value is -1.48. The van der Waals surface area contributed by atoms with Crippen molar-refractivity contribution in [1.29, 1.82) is 0 Å². The summed E-state index contributed by atoms with van der Waals surface area (Å²) in [6.07, 6.45) is 3.66. The van der Waals surface area contributed by atoms with Crippen molar-refractivity contribution >= 4 is 16.0 Å². The zero-order chi connectivity index (χ0) is 18.7. The minimum atomic E-state index is -3.56. The van der Waals surface area contributed by atoms with Crippen molar-refractivity contribution in [2.75, 3.05) is 33.4 Å². The number of sulfonamides is 1. The number of esters is 1. The van der Waals surface area contributed by atoms with Gasteiger partial charge in [0, 0.05) is 25.2 Å². The van der Waals surface area contributed by atoms with Crippen LogP contribution in [0.4, 0.5) is 0 Å². The molecule has 0 bridgehead atoms. The molecule has 0 radical (unpaired) electrons. The van der Waals surface area contributed by atoms with E-state index < -0.39 is 16.0 Å². The van der Waals surface area contributed by atoms with Crippen molar-refractivity contribution in [3.8, 4) is 0 Å². The van der Waals surface area contributed by atoms with Crippen LogP contribution in [0.2, 0.25) is 0 Å². The second-order valence-corrected chi connectivity index (χ2v) is 8.81. The highest BCUT2D eigenvalue weighted by Crippen LogP contribution is 2.28. The van der Waals surface area contributed by atoms with Crippen molar-refractivity contribution in [2.45, 2.75) is 42.7 Å². The van der Waals surface area contributed by atoms with E-state index in [1.54, 1.807) is 0 Å². The second kappa shape index (κ2) is 8.04. The molecule has 0 spiro atoms. The lowest BCUT2D eigenvalue weighted by Gasteiger charge is -2.38. The van der Waals surface area contributed by atoms with E-state index in [0.29, 0.717) is 24.7 Å². The van der Waals surface area contributed by atoms with E-state index in [1.165, 1.54) is 35.7 Å². The predicted octanol–water partition coefficient (Wildman–Crippen LogP) is 1.08. The third-order valence-electron chi connectivity index (χ3n) is 5.44. The lowest BCUT2D eigenvalue weighted by Crippen LogP contribution is -2.48. The molecule has 1 aromatic rings. The number of carbonyl (C=O) groups is 1. The summed E-state index contributed by atoms with van der Waals surface area (Å²) in [7, 11) is -2.27. The third-order valence-corrected chi connectivity index (χ3v) is 7.35. The van der Waals surface area contributed by atoms with Crippen LogP contribution in [0.15, 0.2) is 29.2 Å². The fraction of sp³-hybridized carbons (Fsp3) is 0.611. The molecule has 0 aromatic heterocycles. The van der Waals surface area contributed by atoms with Crippen LogP contribution in [0.3, 0.4) is 0 Å². The molecule has 144 valence electrons. The Bertz CT molecular complexity index is 726. The van der Waals surface area contributed by atoms with Crippen LogP contribution < -0.4 is 0 Å². The van der Waals surface area contributed by atoms with Gasteiger partial charge in [0.15, 0.2) is 0 Å². The van der Waals surface area contributed by atoms with Gasteiger partial charge in [0.1, 0.15) is 0 Å². The van der Waals surface area contributed by atoms with E-state index in [9.17, 15) is 18.3 Å². The van der Waals surface area contributed by atoms with E-state index in [4.69, 9.17) is 0 Å². The van der Waals surface area contributed by atoms with Crippen molar-refractivity contribution in [3.05, 3.63) is 29.8 Å². The highest BCUT2D eigenvalue weighted by atomic mass is 32.2. The molecular formula is C18H26N2O5S. The maximum Gasteiger partial charge on any atom is 0.337 e. The van der Waals surface area contributed by atoms with Gasteiger partial charge in [-0.25, -0.2) is 13.2 Å². The minimum Gasteiger partial charge on any atom is -0.465 e. The van der Waals surface area contributed by atoms with Crippen molar-refractivity contribution < 1.29 is 23.1 Å². The molecule has 1 unspecified atom stereocenters. The molecule has 0 amide bonds. The molecule has 8 heteroatoms. The number of piperidine rings is 1. The van der Waals surface area contributed by atoms with E-state index in [-0.39, 0.29) is 17.5 Å². The maximum atomic E-state index is 12.8. The summed E-state index contributed by atoms with van der Waals surface area (Å²) in [4.78, 5) is 14.0. The van der Waals surface area contributed by atoms with Gasteiger partial charge >= 0.3 is 5.97 Å². The highest BCUT2D eigenvalue weighted by Gasteiger charge is 2.35. The number of benzene rings is 1. The van der Waals surface area contributed by atoms with E-state index >= 15 is 0 Å². The normalized spacial score (nSPS) is 23.2. The van der Waals surface area contributed by atoms with E-state index in [0.717, 1.165) is 32.2 Å². The monoisotopic (exact) mass is 382 g/mol. The van der Waals surface area contributed by atoms with Gasteiger partial charge in [-0.2, -0.15) is 4.31 Å². The lowest BCUT2D eigenvalue weighted by atomic mass is 10.0. The number of hydrogen-bond acceptors (Lipinski definition) is 6. The minimum absolute atomic E-state index is 0.172. The van der Waals surface area contributed by atoms with Crippen LogP contribution in [-0.2, 0) is 14.8 Å². The third kappa shape index (κ3) is 3.78. The molecular weight excluding hydrogens is 356 g/mol. The topological polar surface area (TPSA) is 87.2 Å². The molecule has 26 heavy (non-hydrogen) atoms. The molecule has 1 N–H and O–H groups in total. The first-order valence-corrected chi connectivity index (χ1v) is 10.5. The summed E-state index contributed by atoms with van der Waals surface area (Å²) in [5.41, 5.74) is 0.328. The molecule has 0 aliphatic carbocycles. The number of carbonyl (C=O) groups excluding carboxylic acids is 1. The number of likely N-dealkylation sites (tertiary alicyclic amines) is 1.